The van der Waals surface area contributed by atoms with Crippen LogP contribution in [-0.4, -0.2) is 38.4 Å². The summed E-state index contributed by atoms with van der Waals surface area (Å²) < 4.78 is 1.70. The maximum Gasteiger partial charge on any atom is 0.330 e. The van der Waals surface area contributed by atoms with Crippen molar-refractivity contribution in [1.82, 2.24) is 19.4 Å². The molecule has 7 heteroatoms. The SMILES string of the molecule is Cc1nc(C(=O)N2CC=C(n3c(=O)[nH]c4ccccc43)CC2)cs1. The lowest BCUT2D eigenvalue weighted by Crippen LogP contribution is -2.36. The summed E-state index contributed by atoms with van der Waals surface area (Å²) in [5.41, 5.74) is 2.97. The van der Waals surface area contributed by atoms with Crippen LogP contribution in [0.25, 0.3) is 16.7 Å². The Morgan fingerprint density at radius 3 is 2.88 bits per heavy atom. The van der Waals surface area contributed by atoms with Crippen LogP contribution in [0.1, 0.15) is 21.9 Å². The Morgan fingerprint density at radius 1 is 1.33 bits per heavy atom. The minimum absolute atomic E-state index is 0.0547. The summed E-state index contributed by atoms with van der Waals surface area (Å²) >= 11 is 1.48. The monoisotopic (exact) mass is 340 g/mol. The van der Waals surface area contributed by atoms with Crippen molar-refractivity contribution in [2.45, 2.75) is 13.3 Å². The number of nitrogens with zero attached hydrogens (tertiary/aromatic N) is 3. The molecule has 0 spiro atoms. The second-order valence-electron chi connectivity index (χ2n) is 5.73. The lowest BCUT2D eigenvalue weighted by atomic mass is 10.2. The van der Waals surface area contributed by atoms with Gasteiger partial charge >= 0.3 is 5.69 Å². The van der Waals surface area contributed by atoms with Gasteiger partial charge in [0, 0.05) is 30.6 Å². The number of amides is 1. The molecule has 24 heavy (non-hydrogen) atoms. The number of rotatable bonds is 2. The lowest BCUT2D eigenvalue weighted by Gasteiger charge is -2.26. The van der Waals surface area contributed by atoms with Gasteiger partial charge in [0.2, 0.25) is 0 Å². The fourth-order valence-corrected chi connectivity index (χ4v) is 3.60. The highest BCUT2D eigenvalue weighted by atomic mass is 32.1. The summed E-state index contributed by atoms with van der Waals surface area (Å²) in [6, 6.07) is 7.62. The number of H-pyrrole nitrogens is 1. The Hall–Kier alpha value is -2.67. The highest BCUT2D eigenvalue weighted by Gasteiger charge is 2.22. The molecular weight excluding hydrogens is 324 g/mol. The van der Waals surface area contributed by atoms with Crippen LogP contribution in [-0.2, 0) is 0 Å². The molecule has 0 unspecified atom stereocenters. The van der Waals surface area contributed by atoms with E-state index in [0.29, 0.717) is 25.2 Å². The van der Waals surface area contributed by atoms with E-state index in [1.807, 2.05) is 37.3 Å². The molecule has 0 atom stereocenters. The number of carbonyl (C=O) groups excluding carboxylic acids is 1. The smallest absolute Gasteiger partial charge is 0.330 e. The van der Waals surface area contributed by atoms with E-state index >= 15 is 0 Å². The molecule has 4 rings (SSSR count). The minimum Gasteiger partial charge on any atom is -0.333 e. The third kappa shape index (κ3) is 2.46. The van der Waals surface area contributed by atoms with Gasteiger partial charge < -0.3 is 9.88 Å². The fourth-order valence-electron chi connectivity index (χ4n) is 3.01. The largest absolute Gasteiger partial charge is 0.333 e. The van der Waals surface area contributed by atoms with Crippen molar-refractivity contribution in [2.24, 2.45) is 0 Å². The molecule has 6 nitrogen and oxygen atoms in total. The molecule has 122 valence electrons. The van der Waals surface area contributed by atoms with E-state index in [2.05, 4.69) is 9.97 Å². The molecule has 2 aromatic heterocycles. The van der Waals surface area contributed by atoms with Crippen LogP contribution >= 0.6 is 11.3 Å². The summed E-state index contributed by atoms with van der Waals surface area (Å²) in [7, 11) is 0. The molecule has 0 saturated heterocycles. The molecule has 1 amide bonds. The van der Waals surface area contributed by atoms with Crippen LogP contribution in [0.5, 0.6) is 0 Å². The maximum atomic E-state index is 12.5. The van der Waals surface area contributed by atoms with Gasteiger partial charge in [0.15, 0.2) is 0 Å². The zero-order valence-corrected chi connectivity index (χ0v) is 14.0. The number of para-hydroxylation sites is 2. The Labute approximate surface area is 142 Å². The molecule has 0 saturated carbocycles. The summed E-state index contributed by atoms with van der Waals surface area (Å²) in [4.78, 5) is 33.6. The Balaban J connectivity index is 1.61. The van der Waals surface area contributed by atoms with Crippen LogP contribution < -0.4 is 5.69 Å². The van der Waals surface area contributed by atoms with Gasteiger partial charge in [-0.05, 0) is 25.1 Å². The van der Waals surface area contributed by atoms with Gasteiger partial charge in [-0.3, -0.25) is 9.36 Å². The average molecular weight is 340 g/mol. The minimum atomic E-state index is -0.141. The van der Waals surface area contributed by atoms with Gasteiger partial charge in [-0.25, -0.2) is 9.78 Å². The van der Waals surface area contributed by atoms with E-state index in [-0.39, 0.29) is 11.6 Å². The third-order valence-electron chi connectivity index (χ3n) is 4.19. The topological polar surface area (TPSA) is 71.0 Å². The molecular formula is C17H16N4O2S. The highest BCUT2D eigenvalue weighted by molar-refractivity contribution is 7.09. The number of aromatic amines is 1. The van der Waals surface area contributed by atoms with Crippen LogP contribution in [0, 0.1) is 6.92 Å². The van der Waals surface area contributed by atoms with Crippen molar-refractivity contribution in [3.05, 3.63) is 56.9 Å². The summed E-state index contributed by atoms with van der Waals surface area (Å²) in [6.45, 7) is 2.95. The molecule has 1 aromatic carbocycles. The van der Waals surface area contributed by atoms with Crippen molar-refractivity contribution in [1.29, 1.82) is 0 Å². The normalized spacial score (nSPS) is 14.9. The number of hydrogen-bond donors (Lipinski definition) is 1. The van der Waals surface area contributed by atoms with Gasteiger partial charge in [0.05, 0.1) is 16.0 Å². The molecule has 0 bridgehead atoms. The number of benzene rings is 1. The molecule has 0 aliphatic carbocycles. The van der Waals surface area contributed by atoms with Gasteiger partial charge in [-0.1, -0.05) is 12.1 Å². The number of aryl methyl sites for hydroxylation is 1. The predicted molar refractivity (Wildman–Crippen MR) is 94.2 cm³/mol. The number of imidazole rings is 1. The molecule has 3 heterocycles. The number of fused-ring (bicyclic) bond motifs is 1. The van der Waals surface area contributed by atoms with Crippen molar-refractivity contribution in [3.63, 3.8) is 0 Å². The van der Waals surface area contributed by atoms with Gasteiger partial charge in [-0.15, -0.1) is 11.3 Å². The van der Waals surface area contributed by atoms with Crippen molar-refractivity contribution < 1.29 is 4.79 Å². The van der Waals surface area contributed by atoms with Gasteiger partial charge in [-0.2, -0.15) is 0 Å². The van der Waals surface area contributed by atoms with E-state index in [1.165, 1.54) is 11.3 Å². The zero-order valence-electron chi connectivity index (χ0n) is 13.2. The number of nitrogens with one attached hydrogen (secondary N) is 1. The van der Waals surface area contributed by atoms with E-state index in [0.717, 1.165) is 21.7 Å². The quantitative estimate of drug-likeness (QED) is 0.779. The van der Waals surface area contributed by atoms with Crippen LogP contribution in [0.15, 0.2) is 40.5 Å². The molecule has 1 N–H and O–H groups in total. The van der Waals surface area contributed by atoms with Gasteiger partial charge in [0.1, 0.15) is 5.69 Å². The Morgan fingerprint density at radius 2 is 2.17 bits per heavy atom. The second kappa shape index (κ2) is 5.76. The zero-order chi connectivity index (χ0) is 16.7. The van der Waals surface area contributed by atoms with E-state index in [1.54, 1.807) is 14.8 Å². The lowest BCUT2D eigenvalue weighted by molar-refractivity contribution is 0.0767. The molecule has 3 aromatic rings. The first-order chi connectivity index (χ1) is 11.6. The number of carbonyl (C=O) groups is 1. The molecule has 1 aliphatic heterocycles. The standard InChI is InChI=1S/C17H16N4O2S/c1-11-18-14(10-24-11)16(22)20-8-6-12(7-9-20)21-15-5-3-2-4-13(15)19-17(21)23/h2-6,10H,7-9H2,1H3,(H,19,23). The second-order valence-corrected chi connectivity index (χ2v) is 6.79. The van der Waals surface area contributed by atoms with Crippen LogP contribution in [0.3, 0.4) is 0 Å². The first-order valence-corrected chi connectivity index (χ1v) is 8.62. The van der Waals surface area contributed by atoms with Crippen molar-refractivity contribution in [3.8, 4) is 0 Å². The summed E-state index contributed by atoms with van der Waals surface area (Å²) in [6.07, 6.45) is 2.58. The molecule has 0 radical (unpaired) electrons. The third-order valence-corrected chi connectivity index (χ3v) is 4.96. The number of thiazole rings is 1. The van der Waals surface area contributed by atoms with Crippen molar-refractivity contribution >= 4 is 34.0 Å². The average Bonchev–Trinajstić information content (AvgIpc) is 3.17. The fraction of sp³-hybridized carbons (Fsp3) is 0.235. The number of hydrogen-bond acceptors (Lipinski definition) is 4. The van der Waals surface area contributed by atoms with Crippen LogP contribution in [0.2, 0.25) is 0 Å². The van der Waals surface area contributed by atoms with E-state index in [4.69, 9.17) is 0 Å². The first kappa shape index (κ1) is 14.9. The first-order valence-electron chi connectivity index (χ1n) is 7.74. The summed E-state index contributed by atoms with van der Waals surface area (Å²) in [5.74, 6) is -0.0547. The van der Waals surface area contributed by atoms with Crippen LogP contribution in [0.4, 0.5) is 0 Å². The highest BCUT2D eigenvalue weighted by Crippen LogP contribution is 2.21. The summed E-state index contributed by atoms with van der Waals surface area (Å²) in [5, 5.41) is 2.68. The van der Waals surface area contributed by atoms with Crippen molar-refractivity contribution in [2.75, 3.05) is 13.1 Å². The Kier molecular flexibility index (Phi) is 3.57. The van der Waals surface area contributed by atoms with Gasteiger partial charge in [0.25, 0.3) is 5.91 Å². The Bertz CT molecular complexity index is 1010. The van der Waals surface area contributed by atoms with E-state index in [9.17, 15) is 9.59 Å². The molecule has 0 fully saturated rings. The predicted octanol–water partition coefficient (Wildman–Crippen LogP) is 2.48. The molecule has 1 aliphatic rings. The number of aromatic nitrogens is 3. The maximum absolute atomic E-state index is 12.5. The van der Waals surface area contributed by atoms with E-state index < -0.39 is 0 Å².